The van der Waals surface area contributed by atoms with E-state index in [4.69, 9.17) is 10.5 Å². The van der Waals surface area contributed by atoms with Crippen molar-refractivity contribution in [1.82, 2.24) is 0 Å². The second-order valence-electron chi connectivity index (χ2n) is 5.74. The molecule has 0 radical (unpaired) electrons. The molecule has 1 aromatic carbocycles. The van der Waals surface area contributed by atoms with Crippen LogP contribution in [0, 0.1) is 0 Å². The molecular weight excluding hydrogens is 247 g/mol. The summed E-state index contributed by atoms with van der Waals surface area (Å²) in [6, 6.07) is 3.76. The standard InChI is InChI=1S/C14H19FN2O2/c1-14(8-18)6-9-4-11(16)12(5-13(9)19-14)17-3-2-10(15)7-17/h4-5,10,18H,2-3,6-8,16H2,1H3/t10-,14?/m0/s1. The van der Waals surface area contributed by atoms with Gasteiger partial charge in [-0.3, -0.25) is 0 Å². The minimum atomic E-state index is -0.781. The van der Waals surface area contributed by atoms with Crippen LogP contribution in [0.4, 0.5) is 15.8 Å². The van der Waals surface area contributed by atoms with Gasteiger partial charge in [0.25, 0.3) is 0 Å². The van der Waals surface area contributed by atoms with Crippen LogP contribution in [-0.4, -0.2) is 36.6 Å². The average Bonchev–Trinajstić information content (AvgIpc) is 2.91. The van der Waals surface area contributed by atoms with Gasteiger partial charge in [0, 0.05) is 31.1 Å². The first-order valence-electron chi connectivity index (χ1n) is 6.62. The molecule has 104 valence electrons. The van der Waals surface area contributed by atoms with Gasteiger partial charge in [0.05, 0.1) is 18.0 Å². The fourth-order valence-electron chi connectivity index (χ4n) is 2.87. The van der Waals surface area contributed by atoms with E-state index in [-0.39, 0.29) is 6.61 Å². The molecule has 1 unspecified atom stereocenters. The van der Waals surface area contributed by atoms with Crippen molar-refractivity contribution in [1.29, 1.82) is 0 Å². The van der Waals surface area contributed by atoms with E-state index in [2.05, 4.69) is 0 Å². The van der Waals surface area contributed by atoms with Crippen LogP contribution in [0.25, 0.3) is 0 Å². The number of anilines is 2. The molecule has 3 rings (SSSR count). The molecule has 2 atom stereocenters. The maximum atomic E-state index is 13.3. The fourth-order valence-corrected chi connectivity index (χ4v) is 2.87. The third-order valence-corrected chi connectivity index (χ3v) is 3.94. The molecule has 3 N–H and O–H groups in total. The summed E-state index contributed by atoms with van der Waals surface area (Å²) in [4.78, 5) is 1.96. The second-order valence-corrected chi connectivity index (χ2v) is 5.74. The predicted molar refractivity (Wildman–Crippen MR) is 72.4 cm³/mol. The van der Waals surface area contributed by atoms with Crippen LogP contribution in [0.5, 0.6) is 5.75 Å². The van der Waals surface area contributed by atoms with Crippen molar-refractivity contribution < 1.29 is 14.2 Å². The first-order valence-corrected chi connectivity index (χ1v) is 6.62. The molecule has 5 heteroatoms. The van der Waals surface area contributed by atoms with Crippen molar-refractivity contribution >= 4 is 11.4 Å². The first-order chi connectivity index (χ1) is 9.00. The highest BCUT2D eigenvalue weighted by molar-refractivity contribution is 5.72. The molecule has 2 aliphatic rings. The Labute approximate surface area is 112 Å². The molecule has 1 aromatic rings. The maximum absolute atomic E-state index is 13.3. The number of nitrogen functional groups attached to an aromatic ring is 1. The number of benzene rings is 1. The van der Waals surface area contributed by atoms with Crippen LogP contribution in [0.2, 0.25) is 0 Å². The van der Waals surface area contributed by atoms with Gasteiger partial charge in [0.15, 0.2) is 0 Å². The number of halogens is 1. The molecule has 0 aromatic heterocycles. The summed E-state index contributed by atoms with van der Waals surface area (Å²) in [7, 11) is 0. The Bertz CT molecular complexity index is 508. The zero-order valence-corrected chi connectivity index (χ0v) is 11.0. The Balaban J connectivity index is 1.92. The fraction of sp³-hybridized carbons (Fsp3) is 0.571. The Kier molecular flexibility index (Phi) is 2.82. The van der Waals surface area contributed by atoms with Crippen LogP contribution in [0.3, 0.4) is 0 Å². The highest BCUT2D eigenvalue weighted by Gasteiger charge is 2.35. The minimum absolute atomic E-state index is 0.0345. The van der Waals surface area contributed by atoms with Gasteiger partial charge in [-0.05, 0) is 19.4 Å². The molecule has 2 aliphatic heterocycles. The molecule has 0 aliphatic carbocycles. The number of aliphatic hydroxyl groups is 1. The van der Waals surface area contributed by atoms with Gasteiger partial charge in [0.2, 0.25) is 0 Å². The van der Waals surface area contributed by atoms with E-state index < -0.39 is 11.8 Å². The van der Waals surface area contributed by atoms with Crippen molar-refractivity contribution in [2.24, 2.45) is 0 Å². The van der Waals surface area contributed by atoms with Gasteiger partial charge < -0.3 is 20.5 Å². The molecule has 0 amide bonds. The smallest absolute Gasteiger partial charge is 0.133 e. The molecule has 2 heterocycles. The van der Waals surface area contributed by atoms with Crippen LogP contribution >= 0.6 is 0 Å². The van der Waals surface area contributed by atoms with Gasteiger partial charge in [0.1, 0.15) is 17.5 Å². The van der Waals surface area contributed by atoms with E-state index in [9.17, 15) is 9.50 Å². The van der Waals surface area contributed by atoms with E-state index in [0.29, 0.717) is 31.6 Å². The normalized spacial score (nSPS) is 29.4. The molecule has 0 saturated carbocycles. The third-order valence-electron chi connectivity index (χ3n) is 3.94. The van der Waals surface area contributed by atoms with Crippen LogP contribution in [0.15, 0.2) is 12.1 Å². The molecule has 0 spiro atoms. The van der Waals surface area contributed by atoms with E-state index in [1.807, 2.05) is 24.0 Å². The second kappa shape index (κ2) is 4.27. The maximum Gasteiger partial charge on any atom is 0.133 e. The number of ether oxygens (including phenoxy) is 1. The topological polar surface area (TPSA) is 58.7 Å². The van der Waals surface area contributed by atoms with E-state index in [1.165, 1.54) is 0 Å². The minimum Gasteiger partial charge on any atom is -0.484 e. The van der Waals surface area contributed by atoms with Crippen LogP contribution < -0.4 is 15.4 Å². The lowest BCUT2D eigenvalue weighted by Gasteiger charge is -2.22. The van der Waals surface area contributed by atoms with Gasteiger partial charge in [-0.2, -0.15) is 0 Å². The van der Waals surface area contributed by atoms with Crippen LogP contribution in [-0.2, 0) is 6.42 Å². The number of rotatable bonds is 2. The number of hydrogen-bond acceptors (Lipinski definition) is 4. The Hall–Kier alpha value is -1.49. The van der Waals surface area contributed by atoms with Crippen molar-refractivity contribution in [3.8, 4) is 5.75 Å². The molecule has 19 heavy (non-hydrogen) atoms. The summed E-state index contributed by atoms with van der Waals surface area (Å²) >= 11 is 0. The van der Waals surface area contributed by atoms with E-state index >= 15 is 0 Å². The summed E-state index contributed by atoms with van der Waals surface area (Å²) in [5.74, 6) is 0.753. The lowest BCUT2D eigenvalue weighted by Crippen LogP contribution is -2.34. The summed E-state index contributed by atoms with van der Waals surface area (Å²) in [6.45, 7) is 2.91. The zero-order valence-electron chi connectivity index (χ0n) is 11.0. The van der Waals surface area contributed by atoms with Crippen LogP contribution in [0.1, 0.15) is 18.9 Å². The summed E-state index contributed by atoms with van der Waals surface area (Å²) in [5, 5.41) is 9.37. The number of nitrogens with zero attached hydrogens (tertiary/aromatic N) is 1. The van der Waals surface area contributed by atoms with Crippen molar-refractivity contribution in [2.75, 3.05) is 30.3 Å². The summed E-state index contributed by atoms with van der Waals surface area (Å²) in [6.07, 6.45) is 0.414. The lowest BCUT2D eigenvalue weighted by atomic mass is 10.00. The van der Waals surface area contributed by atoms with E-state index in [1.54, 1.807) is 0 Å². The first kappa shape index (κ1) is 12.5. The SMILES string of the molecule is CC1(CO)Cc2cc(N)c(N3CC[C@H](F)C3)cc2O1. The predicted octanol–water partition coefficient (Wildman–Crippen LogP) is 1.50. The monoisotopic (exact) mass is 266 g/mol. The molecule has 4 nitrogen and oxygen atoms in total. The van der Waals surface area contributed by atoms with Gasteiger partial charge >= 0.3 is 0 Å². The Morgan fingerprint density at radius 2 is 2.37 bits per heavy atom. The largest absolute Gasteiger partial charge is 0.484 e. The number of aliphatic hydroxyl groups excluding tert-OH is 1. The summed E-state index contributed by atoms with van der Waals surface area (Å²) in [5.41, 5.74) is 7.99. The zero-order chi connectivity index (χ0) is 13.6. The lowest BCUT2D eigenvalue weighted by molar-refractivity contribution is 0.0447. The van der Waals surface area contributed by atoms with Crippen molar-refractivity contribution in [2.45, 2.75) is 31.5 Å². The van der Waals surface area contributed by atoms with Gasteiger partial charge in [-0.25, -0.2) is 4.39 Å². The molecule has 1 fully saturated rings. The number of fused-ring (bicyclic) bond motifs is 1. The number of hydrogen-bond donors (Lipinski definition) is 2. The summed E-state index contributed by atoms with van der Waals surface area (Å²) < 4.78 is 19.1. The Morgan fingerprint density at radius 1 is 1.58 bits per heavy atom. The molecular formula is C14H19FN2O2. The Morgan fingerprint density at radius 3 is 3.00 bits per heavy atom. The van der Waals surface area contributed by atoms with Gasteiger partial charge in [-0.15, -0.1) is 0 Å². The molecule has 1 saturated heterocycles. The highest BCUT2D eigenvalue weighted by Crippen LogP contribution is 2.41. The van der Waals surface area contributed by atoms with E-state index in [0.717, 1.165) is 17.0 Å². The highest BCUT2D eigenvalue weighted by atomic mass is 19.1. The molecule has 0 bridgehead atoms. The number of nitrogens with two attached hydrogens (primary N) is 1. The number of alkyl halides is 1. The quantitative estimate of drug-likeness (QED) is 0.797. The van der Waals surface area contributed by atoms with Crippen molar-refractivity contribution in [3.63, 3.8) is 0 Å². The third kappa shape index (κ3) is 2.12. The van der Waals surface area contributed by atoms with Crippen molar-refractivity contribution in [3.05, 3.63) is 17.7 Å². The average molecular weight is 266 g/mol. The van der Waals surface area contributed by atoms with Gasteiger partial charge in [-0.1, -0.05) is 0 Å².